The van der Waals surface area contributed by atoms with Crippen molar-refractivity contribution in [2.24, 2.45) is 10.2 Å². The van der Waals surface area contributed by atoms with Gasteiger partial charge in [0.15, 0.2) is 0 Å². The fourth-order valence-electron chi connectivity index (χ4n) is 2.31. The number of carbonyl (C=O) groups is 2. The number of hydrogen-bond acceptors (Lipinski definition) is 4. The molecule has 0 heterocycles. The Labute approximate surface area is 162 Å². The van der Waals surface area contributed by atoms with Gasteiger partial charge in [0.2, 0.25) is 0 Å². The molecule has 0 bridgehead atoms. The monoisotopic (exact) mass is 370 g/mol. The lowest BCUT2D eigenvalue weighted by Gasteiger charge is -2.03. The molecule has 0 unspecified atom stereocenters. The summed E-state index contributed by atoms with van der Waals surface area (Å²) in [6, 6.07) is 25.1. The molecule has 0 saturated heterocycles. The third kappa shape index (κ3) is 5.47. The Morgan fingerprint density at radius 3 is 1.29 bits per heavy atom. The van der Waals surface area contributed by atoms with Gasteiger partial charge in [-0.15, -0.1) is 0 Å². The van der Waals surface area contributed by atoms with Gasteiger partial charge in [-0.25, -0.2) is 10.9 Å². The first-order valence-electron chi connectivity index (χ1n) is 8.59. The lowest BCUT2D eigenvalue weighted by Crippen LogP contribution is -2.19. The molecular formula is C22H18N4O2. The Bertz CT molecular complexity index is 900. The van der Waals surface area contributed by atoms with Gasteiger partial charge in [0, 0.05) is 11.1 Å². The first-order valence-corrected chi connectivity index (χ1v) is 8.59. The normalized spacial score (nSPS) is 10.9. The Morgan fingerprint density at radius 1 is 0.571 bits per heavy atom. The predicted octanol–water partition coefficient (Wildman–Crippen LogP) is 3.21. The van der Waals surface area contributed by atoms with E-state index in [0.717, 1.165) is 11.1 Å². The molecule has 0 aliphatic carbocycles. The van der Waals surface area contributed by atoms with Gasteiger partial charge in [-0.2, -0.15) is 10.2 Å². The smallest absolute Gasteiger partial charge is 0.267 e. The van der Waals surface area contributed by atoms with Crippen molar-refractivity contribution < 1.29 is 9.59 Å². The number of carbonyl (C=O) groups excluding carboxylic acids is 2. The van der Waals surface area contributed by atoms with E-state index in [4.69, 9.17) is 0 Å². The van der Waals surface area contributed by atoms with Crippen LogP contribution in [0.2, 0.25) is 0 Å². The van der Waals surface area contributed by atoms with Crippen LogP contribution in [-0.2, 0) is 0 Å². The van der Waals surface area contributed by atoms with Crippen LogP contribution in [0.3, 0.4) is 0 Å². The number of rotatable bonds is 6. The van der Waals surface area contributed by atoms with Gasteiger partial charge in [-0.05, 0) is 35.4 Å². The number of benzene rings is 3. The summed E-state index contributed by atoms with van der Waals surface area (Å²) in [4.78, 5) is 24.2. The number of amides is 2. The van der Waals surface area contributed by atoms with Gasteiger partial charge in [-0.1, -0.05) is 60.7 Å². The minimum absolute atomic E-state index is 0.360. The molecule has 0 radical (unpaired) electrons. The first kappa shape index (κ1) is 18.7. The van der Waals surface area contributed by atoms with Crippen molar-refractivity contribution in [1.29, 1.82) is 0 Å². The Balaban J connectivity index is 1.53. The lowest BCUT2D eigenvalue weighted by atomic mass is 10.1. The van der Waals surface area contributed by atoms with Crippen molar-refractivity contribution >= 4 is 24.2 Å². The number of hydrogen-bond donors (Lipinski definition) is 2. The van der Waals surface area contributed by atoms with Crippen molar-refractivity contribution in [3.8, 4) is 0 Å². The molecule has 0 spiro atoms. The van der Waals surface area contributed by atoms with E-state index in [1.807, 2.05) is 60.7 Å². The number of nitrogens with one attached hydrogen (secondary N) is 2. The predicted molar refractivity (Wildman–Crippen MR) is 109 cm³/mol. The van der Waals surface area contributed by atoms with E-state index >= 15 is 0 Å². The van der Waals surface area contributed by atoms with Crippen LogP contribution in [0, 0.1) is 0 Å². The summed E-state index contributed by atoms with van der Waals surface area (Å²) in [6.07, 6.45) is 3.12. The Kier molecular flexibility index (Phi) is 6.41. The van der Waals surface area contributed by atoms with E-state index < -0.39 is 0 Å². The topological polar surface area (TPSA) is 82.9 Å². The van der Waals surface area contributed by atoms with Crippen LogP contribution in [0.5, 0.6) is 0 Å². The molecule has 28 heavy (non-hydrogen) atoms. The molecule has 3 aromatic carbocycles. The summed E-state index contributed by atoms with van der Waals surface area (Å²) >= 11 is 0. The summed E-state index contributed by atoms with van der Waals surface area (Å²) < 4.78 is 0. The highest BCUT2D eigenvalue weighted by Gasteiger charge is 2.07. The molecule has 6 heteroatoms. The Hall–Kier alpha value is -4.06. The second-order valence-corrected chi connectivity index (χ2v) is 5.80. The SMILES string of the molecule is O=C(N/N=C\c1ccccc1)c1ccc(C(=O)N/N=C\c2ccccc2)cc1. The van der Waals surface area contributed by atoms with Gasteiger partial charge >= 0.3 is 0 Å². The highest BCUT2D eigenvalue weighted by atomic mass is 16.2. The van der Waals surface area contributed by atoms with E-state index in [1.165, 1.54) is 0 Å². The van der Waals surface area contributed by atoms with Crippen molar-refractivity contribution in [2.45, 2.75) is 0 Å². The summed E-state index contributed by atoms with van der Waals surface area (Å²) in [5.74, 6) is -0.720. The molecule has 2 amide bonds. The molecule has 0 aromatic heterocycles. The van der Waals surface area contributed by atoms with Crippen LogP contribution in [0.15, 0.2) is 95.1 Å². The summed E-state index contributed by atoms with van der Waals surface area (Å²) in [6.45, 7) is 0. The maximum absolute atomic E-state index is 12.1. The van der Waals surface area contributed by atoms with Gasteiger partial charge in [0.25, 0.3) is 11.8 Å². The molecule has 3 rings (SSSR count). The highest BCUT2D eigenvalue weighted by molar-refractivity contribution is 5.98. The van der Waals surface area contributed by atoms with Crippen LogP contribution < -0.4 is 10.9 Å². The fraction of sp³-hybridized carbons (Fsp3) is 0. The largest absolute Gasteiger partial charge is 0.271 e. The molecule has 0 aliphatic rings. The first-order chi connectivity index (χ1) is 13.7. The average Bonchev–Trinajstić information content (AvgIpc) is 2.75. The van der Waals surface area contributed by atoms with Crippen molar-refractivity contribution in [1.82, 2.24) is 10.9 Å². The molecule has 0 aliphatic heterocycles. The zero-order valence-corrected chi connectivity index (χ0v) is 14.9. The average molecular weight is 370 g/mol. The van der Waals surface area contributed by atoms with E-state index in [2.05, 4.69) is 21.1 Å². The van der Waals surface area contributed by atoms with Crippen LogP contribution in [0.1, 0.15) is 31.8 Å². The zero-order valence-electron chi connectivity index (χ0n) is 14.9. The van der Waals surface area contributed by atoms with E-state index in [9.17, 15) is 9.59 Å². The van der Waals surface area contributed by atoms with Gasteiger partial charge < -0.3 is 0 Å². The minimum Gasteiger partial charge on any atom is -0.267 e. The summed E-state index contributed by atoms with van der Waals surface area (Å²) in [5.41, 5.74) is 7.47. The molecule has 6 nitrogen and oxygen atoms in total. The zero-order chi connectivity index (χ0) is 19.6. The molecule has 2 N–H and O–H groups in total. The molecule has 138 valence electrons. The van der Waals surface area contributed by atoms with Crippen molar-refractivity contribution in [3.05, 3.63) is 107 Å². The molecular weight excluding hydrogens is 352 g/mol. The van der Waals surface area contributed by atoms with Gasteiger partial charge in [0.05, 0.1) is 12.4 Å². The third-order valence-electron chi connectivity index (χ3n) is 3.77. The van der Waals surface area contributed by atoms with Gasteiger partial charge in [0.1, 0.15) is 0 Å². The quantitative estimate of drug-likeness (QED) is 0.516. The number of nitrogens with zero attached hydrogens (tertiary/aromatic N) is 2. The van der Waals surface area contributed by atoms with Crippen LogP contribution in [0.25, 0.3) is 0 Å². The third-order valence-corrected chi connectivity index (χ3v) is 3.77. The Morgan fingerprint density at radius 2 is 0.929 bits per heavy atom. The van der Waals surface area contributed by atoms with E-state index in [-0.39, 0.29) is 11.8 Å². The second kappa shape index (κ2) is 9.59. The van der Waals surface area contributed by atoms with Crippen LogP contribution in [-0.4, -0.2) is 24.2 Å². The van der Waals surface area contributed by atoms with E-state index in [0.29, 0.717) is 11.1 Å². The molecule has 0 fully saturated rings. The maximum atomic E-state index is 12.1. The molecule has 0 saturated carbocycles. The van der Waals surface area contributed by atoms with Crippen molar-refractivity contribution in [3.63, 3.8) is 0 Å². The minimum atomic E-state index is -0.360. The maximum Gasteiger partial charge on any atom is 0.271 e. The molecule has 3 aromatic rings. The lowest BCUT2D eigenvalue weighted by molar-refractivity contribution is 0.0943. The highest BCUT2D eigenvalue weighted by Crippen LogP contribution is 2.05. The summed E-state index contributed by atoms with van der Waals surface area (Å²) in [7, 11) is 0. The van der Waals surface area contributed by atoms with E-state index in [1.54, 1.807) is 36.7 Å². The van der Waals surface area contributed by atoms with Gasteiger partial charge in [-0.3, -0.25) is 9.59 Å². The standard InChI is InChI=1S/C22H18N4O2/c27-21(25-23-15-17-7-3-1-4-8-17)19-11-13-20(14-12-19)22(28)26-24-16-18-9-5-2-6-10-18/h1-16H,(H,25,27)(H,26,28)/b23-15-,24-16-. The van der Waals surface area contributed by atoms with Crippen LogP contribution in [0.4, 0.5) is 0 Å². The van der Waals surface area contributed by atoms with Crippen LogP contribution >= 0.6 is 0 Å². The number of hydrazone groups is 2. The van der Waals surface area contributed by atoms with Crippen molar-refractivity contribution in [2.75, 3.05) is 0 Å². The second-order valence-electron chi connectivity index (χ2n) is 5.80. The molecule has 0 atom stereocenters. The summed E-state index contributed by atoms with van der Waals surface area (Å²) in [5, 5.41) is 7.84. The fourth-order valence-corrected chi connectivity index (χ4v) is 2.31.